The van der Waals surface area contributed by atoms with Gasteiger partial charge in [0.25, 0.3) is 10.0 Å². The van der Waals surface area contributed by atoms with Crippen LogP contribution in [0.1, 0.15) is 44.2 Å². The van der Waals surface area contributed by atoms with Gasteiger partial charge in [-0.2, -0.15) is 15.0 Å². The van der Waals surface area contributed by atoms with Crippen LogP contribution in [0.3, 0.4) is 0 Å². The minimum absolute atomic E-state index is 0. The van der Waals surface area contributed by atoms with Crippen LogP contribution in [-0.2, 0) is 10.0 Å². The van der Waals surface area contributed by atoms with Gasteiger partial charge in [-0.1, -0.05) is 6.07 Å². The molecule has 5 rings (SSSR count). The number of anilines is 5. The second kappa shape index (κ2) is 16.7. The van der Waals surface area contributed by atoms with E-state index in [0.29, 0.717) is 23.5 Å². The third-order valence-electron chi connectivity index (χ3n) is 6.21. The molecule has 0 amide bonds. The number of hydrogen-bond acceptors (Lipinski definition) is 13. The van der Waals surface area contributed by atoms with E-state index in [0.717, 1.165) is 51.9 Å². The molecule has 4 heterocycles. The third kappa shape index (κ3) is 9.11. The summed E-state index contributed by atoms with van der Waals surface area (Å²) >= 11 is 0. The van der Waals surface area contributed by atoms with Gasteiger partial charge < -0.3 is 39.7 Å². The first kappa shape index (κ1) is 36.7. The van der Waals surface area contributed by atoms with Crippen LogP contribution in [0.5, 0.6) is 0 Å². The van der Waals surface area contributed by atoms with E-state index in [1.165, 1.54) is 19.0 Å². The number of aromatic nitrogens is 4. The number of pyridine rings is 1. The van der Waals surface area contributed by atoms with Crippen molar-refractivity contribution in [1.82, 2.24) is 44.5 Å². The summed E-state index contributed by atoms with van der Waals surface area (Å²) in [5.74, 6) is 2.13. The second-order valence-electron chi connectivity index (χ2n) is 8.82. The molecular weight excluding hydrogens is 556 g/mol. The van der Waals surface area contributed by atoms with Gasteiger partial charge in [0, 0.05) is 43.8 Å². The second-order valence-corrected chi connectivity index (χ2v) is 10.5. The number of benzene rings is 1. The molecule has 0 saturated carbocycles. The Hall–Kier alpha value is -3.34. The Kier molecular flexibility index (Phi) is 15.3. The normalized spacial score (nSPS) is 14.6. The monoisotopic (exact) mass is 606 g/mol. The number of rotatable bonds is 7. The van der Waals surface area contributed by atoms with Crippen molar-refractivity contribution in [3.63, 3.8) is 0 Å². The van der Waals surface area contributed by atoms with E-state index in [2.05, 4.69) is 24.8 Å². The van der Waals surface area contributed by atoms with Gasteiger partial charge in [0.15, 0.2) is 0 Å². The van der Waals surface area contributed by atoms with Crippen molar-refractivity contribution in [2.24, 2.45) is 0 Å². The Morgan fingerprint density at radius 3 is 1.70 bits per heavy atom. The Labute approximate surface area is 248 Å². The van der Waals surface area contributed by atoms with Gasteiger partial charge in [-0.25, -0.2) is 13.4 Å². The molecule has 16 heteroatoms. The quantitative estimate of drug-likeness (QED) is 0.185. The number of nitrogens with one attached hydrogen (secondary N) is 2. The minimum atomic E-state index is -3.74. The van der Waals surface area contributed by atoms with Crippen LogP contribution in [0.25, 0.3) is 0 Å². The van der Waals surface area contributed by atoms with Crippen molar-refractivity contribution in [2.45, 2.75) is 43.4 Å². The van der Waals surface area contributed by atoms with Crippen molar-refractivity contribution in [3.05, 3.63) is 48.7 Å². The summed E-state index contributed by atoms with van der Waals surface area (Å²) in [5.41, 5.74) is 0.696. The van der Waals surface area contributed by atoms with Crippen LogP contribution in [0.2, 0.25) is 0 Å². The highest BCUT2D eigenvalue weighted by Gasteiger charge is 2.21. The highest BCUT2D eigenvalue weighted by Crippen LogP contribution is 2.25. The van der Waals surface area contributed by atoms with Gasteiger partial charge in [-0.3, -0.25) is 4.72 Å². The minimum Gasteiger partial charge on any atom is -0.344 e. The molecule has 2 fully saturated rings. The van der Waals surface area contributed by atoms with Gasteiger partial charge in [0.05, 0.1) is 4.90 Å². The molecule has 2 aromatic heterocycles. The number of halogens is 1. The predicted octanol–water partition coefficient (Wildman–Crippen LogP) is 5.85. The van der Waals surface area contributed by atoms with Crippen molar-refractivity contribution in [2.75, 3.05) is 46.0 Å². The maximum Gasteiger partial charge on any atom is 0.263 e. The first-order valence-electron chi connectivity index (χ1n) is 12.1. The SMILES string of the molecule is Cl.N.N.N.N.O=S(=O)(Nc1ccccn1)c1ccc(Nc2nc(N3CCCCC3)nc(N3CCCCC3)n2)cc1.[HH].[HH].[HH].[HH]. The fourth-order valence-corrected chi connectivity index (χ4v) is 5.36. The maximum absolute atomic E-state index is 12.7. The first-order chi connectivity index (χ1) is 17.1. The zero-order valence-electron chi connectivity index (χ0n) is 22.8. The van der Waals surface area contributed by atoms with E-state index in [1.807, 2.05) is 0 Å². The highest BCUT2D eigenvalue weighted by molar-refractivity contribution is 7.92. The average Bonchev–Trinajstić information content (AvgIpc) is 2.90. The lowest BCUT2D eigenvalue weighted by molar-refractivity contribution is 0.556. The van der Waals surface area contributed by atoms with E-state index < -0.39 is 10.0 Å². The molecule has 0 aliphatic carbocycles. The van der Waals surface area contributed by atoms with Gasteiger partial charge in [0.1, 0.15) is 5.82 Å². The molecule has 0 atom stereocenters. The Balaban J connectivity index is -0.000000563. The number of hydrogen-bond donors (Lipinski definition) is 6. The summed E-state index contributed by atoms with van der Waals surface area (Å²) < 4.78 is 27.9. The molecule has 40 heavy (non-hydrogen) atoms. The van der Waals surface area contributed by atoms with E-state index in [9.17, 15) is 8.42 Å². The summed E-state index contributed by atoms with van der Waals surface area (Å²) in [6.45, 7) is 3.77. The lowest BCUT2D eigenvalue weighted by Crippen LogP contribution is -2.34. The third-order valence-corrected chi connectivity index (χ3v) is 7.58. The number of piperidine rings is 2. The standard InChI is InChI=1S/C24H30N8O2S.ClH.4H3N.4H2/c33-35(34,30-21-9-3-4-14-25-21)20-12-10-19(11-13-20)26-22-27-23(31-15-5-1-6-16-31)29-24(28-22)32-17-7-2-8-18-32;;;;;;;;;/h3-4,9-14H,1-2,5-8,15-18H2,(H,25,30)(H,26,27,28,29);1H;4*1H3;4*1H. The average molecular weight is 607 g/mol. The molecule has 14 nitrogen and oxygen atoms in total. The van der Waals surface area contributed by atoms with Gasteiger partial charge in [-0.15, -0.1) is 12.4 Å². The maximum atomic E-state index is 12.7. The molecule has 2 saturated heterocycles. The summed E-state index contributed by atoms with van der Waals surface area (Å²) in [6.07, 6.45) is 8.54. The van der Waals surface area contributed by atoms with Crippen LogP contribution >= 0.6 is 12.4 Å². The first-order valence-corrected chi connectivity index (χ1v) is 13.6. The smallest absolute Gasteiger partial charge is 0.263 e. The van der Waals surface area contributed by atoms with Crippen LogP contribution < -0.4 is 44.4 Å². The van der Waals surface area contributed by atoms with E-state index in [4.69, 9.17) is 15.0 Å². The van der Waals surface area contributed by atoms with Crippen molar-refractivity contribution >= 4 is 51.8 Å². The largest absolute Gasteiger partial charge is 0.344 e. The van der Waals surface area contributed by atoms with Gasteiger partial charge in [-0.05, 0) is 74.9 Å². The molecule has 3 aromatic rings. The molecule has 0 spiro atoms. The van der Waals surface area contributed by atoms with Crippen LogP contribution in [0, 0.1) is 0 Å². The molecule has 2 aliphatic rings. The van der Waals surface area contributed by atoms with Gasteiger partial charge in [0.2, 0.25) is 17.8 Å². The Morgan fingerprint density at radius 1 is 0.700 bits per heavy atom. The van der Waals surface area contributed by atoms with Crippen molar-refractivity contribution in [1.29, 1.82) is 0 Å². The number of sulfonamides is 1. The predicted molar refractivity (Wildman–Crippen MR) is 173 cm³/mol. The molecule has 2 aliphatic heterocycles. The Bertz CT molecular complexity index is 1220. The lowest BCUT2D eigenvalue weighted by Gasteiger charge is -2.30. The van der Waals surface area contributed by atoms with E-state index in [1.54, 1.807) is 42.5 Å². The zero-order valence-corrected chi connectivity index (χ0v) is 24.5. The van der Waals surface area contributed by atoms with Crippen molar-refractivity contribution in [3.8, 4) is 0 Å². The zero-order chi connectivity index (χ0) is 24.1. The summed E-state index contributed by atoms with van der Waals surface area (Å²) in [7, 11) is -3.74. The molecule has 232 valence electrons. The highest BCUT2D eigenvalue weighted by atomic mass is 35.5. The van der Waals surface area contributed by atoms with Gasteiger partial charge >= 0.3 is 0 Å². The molecular formula is C24H51ClN12O2S. The molecule has 0 radical (unpaired) electrons. The summed E-state index contributed by atoms with van der Waals surface area (Å²) in [4.78, 5) is 22.8. The lowest BCUT2D eigenvalue weighted by atomic mass is 10.1. The molecule has 0 unspecified atom stereocenters. The van der Waals surface area contributed by atoms with Crippen molar-refractivity contribution < 1.29 is 14.1 Å². The van der Waals surface area contributed by atoms with Crippen LogP contribution in [0.15, 0.2) is 53.6 Å². The van der Waals surface area contributed by atoms with Crippen LogP contribution in [0.4, 0.5) is 29.4 Å². The molecule has 1 aromatic carbocycles. The fraction of sp³-hybridized carbons (Fsp3) is 0.417. The summed E-state index contributed by atoms with van der Waals surface area (Å²) in [5, 5.41) is 3.25. The van der Waals surface area contributed by atoms with Crippen LogP contribution in [-0.4, -0.2) is 54.5 Å². The van der Waals surface area contributed by atoms with E-state index >= 15 is 0 Å². The summed E-state index contributed by atoms with van der Waals surface area (Å²) in [6, 6.07) is 11.6. The Morgan fingerprint density at radius 2 is 1.23 bits per heavy atom. The molecule has 0 bridgehead atoms. The number of nitrogens with zero attached hydrogens (tertiary/aromatic N) is 6. The van der Waals surface area contributed by atoms with E-state index in [-0.39, 0.29) is 53.4 Å². The fourth-order valence-electron chi connectivity index (χ4n) is 4.35. The molecule has 14 N–H and O–H groups in total. The topological polar surface area (TPSA) is 256 Å².